The van der Waals surface area contributed by atoms with Crippen LogP contribution in [0, 0.1) is 0 Å². The molecule has 1 aliphatic rings. The van der Waals surface area contributed by atoms with Crippen molar-refractivity contribution in [1.82, 2.24) is 15.2 Å². The third-order valence-corrected chi connectivity index (χ3v) is 6.91. The highest BCUT2D eigenvalue weighted by molar-refractivity contribution is 7.99. The number of anilines is 1. The summed E-state index contributed by atoms with van der Waals surface area (Å²) in [6, 6.07) is 9.04. The molecule has 11 heteroatoms. The maximum absolute atomic E-state index is 12.6. The minimum atomic E-state index is -0.476. The van der Waals surface area contributed by atoms with Gasteiger partial charge >= 0.3 is 5.97 Å². The minimum absolute atomic E-state index is 0.0603. The molecule has 1 aromatic carbocycles. The number of aromatic amines is 1. The van der Waals surface area contributed by atoms with Gasteiger partial charge < -0.3 is 14.8 Å². The molecule has 32 heavy (non-hydrogen) atoms. The summed E-state index contributed by atoms with van der Waals surface area (Å²) in [5, 5.41) is 10.9. The van der Waals surface area contributed by atoms with E-state index >= 15 is 0 Å². The monoisotopic (exact) mass is 492 g/mol. The molecule has 1 saturated heterocycles. The summed E-state index contributed by atoms with van der Waals surface area (Å²) in [7, 11) is 0. The number of H-pyrrole nitrogens is 1. The second kappa shape index (κ2) is 10.5. The molecule has 2 aromatic heterocycles. The maximum Gasteiger partial charge on any atom is 0.350 e. The van der Waals surface area contributed by atoms with Gasteiger partial charge in [-0.05, 0) is 43.5 Å². The van der Waals surface area contributed by atoms with Gasteiger partial charge in [0.2, 0.25) is 11.1 Å². The van der Waals surface area contributed by atoms with E-state index in [1.807, 2.05) is 12.1 Å². The third-order valence-electron chi connectivity index (χ3n) is 4.64. The number of hydrogen-bond donors (Lipinski definition) is 2. The highest BCUT2D eigenvalue weighted by atomic mass is 35.5. The quantitative estimate of drug-likeness (QED) is 0.338. The summed E-state index contributed by atoms with van der Waals surface area (Å²) < 4.78 is 10.7. The molecule has 1 fully saturated rings. The minimum Gasteiger partial charge on any atom is -0.462 e. The van der Waals surface area contributed by atoms with Crippen LogP contribution < -0.4 is 5.32 Å². The average molecular weight is 493 g/mol. The molecule has 3 heterocycles. The highest BCUT2D eigenvalue weighted by Gasteiger charge is 2.23. The van der Waals surface area contributed by atoms with E-state index in [9.17, 15) is 9.59 Å². The number of nitrogens with one attached hydrogen (secondary N) is 2. The van der Waals surface area contributed by atoms with Crippen LogP contribution in [0.2, 0.25) is 5.02 Å². The van der Waals surface area contributed by atoms with Crippen molar-refractivity contribution in [1.29, 1.82) is 0 Å². The van der Waals surface area contributed by atoms with Crippen molar-refractivity contribution < 1.29 is 19.1 Å². The van der Waals surface area contributed by atoms with Crippen LogP contribution in [0.3, 0.4) is 0 Å². The molecule has 1 atom stereocenters. The van der Waals surface area contributed by atoms with Crippen molar-refractivity contribution in [2.75, 3.05) is 24.3 Å². The zero-order valence-corrected chi connectivity index (χ0v) is 19.6. The fourth-order valence-electron chi connectivity index (χ4n) is 3.16. The molecule has 2 N–H and O–H groups in total. The number of nitrogens with zero attached hydrogens (tertiary/aromatic N) is 2. The summed E-state index contributed by atoms with van der Waals surface area (Å²) in [5.41, 5.74) is 1.31. The van der Waals surface area contributed by atoms with E-state index in [-0.39, 0.29) is 24.4 Å². The summed E-state index contributed by atoms with van der Waals surface area (Å²) in [4.78, 5) is 30.6. The second-order valence-electron chi connectivity index (χ2n) is 6.92. The van der Waals surface area contributed by atoms with Gasteiger partial charge in [-0.2, -0.15) is 0 Å². The number of carbonyl (C=O) groups is 2. The summed E-state index contributed by atoms with van der Waals surface area (Å²) in [6.45, 7) is 2.70. The number of amides is 1. The van der Waals surface area contributed by atoms with Gasteiger partial charge in [-0.15, -0.1) is 16.4 Å². The number of thioether (sulfide) groups is 1. The highest BCUT2D eigenvalue weighted by Crippen LogP contribution is 2.36. The van der Waals surface area contributed by atoms with Gasteiger partial charge in [0, 0.05) is 16.5 Å². The molecule has 0 bridgehead atoms. The third kappa shape index (κ3) is 5.50. The smallest absolute Gasteiger partial charge is 0.350 e. The van der Waals surface area contributed by atoms with Crippen molar-refractivity contribution in [2.45, 2.75) is 31.0 Å². The lowest BCUT2D eigenvalue weighted by Gasteiger charge is -2.05. The molecule has 0 saturated carbocycles. The molecule has 4 rings (SSSR count). The first kappa shape index (κ1) is 22.8. The Morgan fingerprint density at radius 3 is 2.91 bits per heavy atom. The van der Waals surface area contributed by atoms with Crippen molar-refractivity contribution in [3.05, 3.63) is 46.1 Å². The van der Waals surface area contributed by atoms with E-state index < -0.39 is 5.97 Å². The number of carbonyl (C=O) groups excluding carboxylic acids is 2. The van der Waals surface area contributed by atoms with E-state index in [0.717, 1.165) is 29.9 Å². The molecular weight excluding hydrogens is 472 g/mol. The van der Waals surface area contributed by atoms with Gasteiger partial charge in [0.1, 0.15) is 11.0 Å². The number of thiophene rings is 1. The number of esters is 1. The average Bonchev–Trinajstić information content (AvgIpc) is 3.53. The summed E-state index contributed by atoms with van der Waals surface area (Å²) in [6.07, 6.45) is 1.84. The van der Waals surface area contributed by atoms with Crippen molar-refractivity contribution in [3.8, 4) is 10.4 Å². The fraction of sp³-hybridized carbons (Fsp3) is 0.333. The first-order chi connectivity index (χ1) is 15.5. The number of aromatic nitrogens is 3. The lowest BCUT2D eigenvalue weighted by Crippen LogP contribution is -2.16. The van der Waals surface area contributed by atoms with Crippen LogP contribution in [-0.4, -0.2) is 46.0 Å². The topological polar surface area (TPSA) is 106 Å². The predicted molar refractivity (Wildman–Crippen MR) is 124 cm³/mol. The molecular formula is C21H21ClN4O4S2. The zero-order chi connectivity index (χ0) is 22.5. The zero-order valence-electron chi connectivity index (χ0n) is 17.2. The first-order valence-corrected chi connectivity index (χ1v) is 12.2. The van der Waals surface area contributed by atoms with Gasteiger partial charge in [-0.3, -0.25) is 9.89 Å². The number of halogens is 1. The normalized spacial score (nSPS) is 15.6. The fourth-order valence-corrected chi connectivity index (χ4v) is 4.91. The van der Waals surface area contributed by atoms with Gasteiger partial charge in [-0.1, -0.05) is 35.5 Å². The number of hydrogen-bond acceptors (Lipinski definition) is 8. The van der Waals surface area contributed by atoms with Gasteiger partial charge in [0.15, 0.2) is 5.82 Å². The molecule has 0 aliphatic carbocycles. The Morgan fingerprint density at radius 1 is 1.38 bits per heavy atom. The largest absolute Gasteiger partial charge is 0.462 e. The SMILES string of the molecule is CCOC(=O)c1sc(-c2ccc(Cl)cc2)cc1NC(=O)CSc1n[nH]c([C@H]2CCCO2)n1. The lowest BCUT2D eigenvalue weighted by atomic mass is 10.2. The lowest BCUT2D eigenvalue weighted by molar-refractivity contribution is -0.113. The summed E-state index contributed by atoms with van der Waals surface area (Å²) >= 11 is 8.44. The van der Waals surface area contributed by atoms with Gasteiger partial charge in [-0.25, -0.2) is 9.78 Å². The van der Waals surface area contributed by atoms with Crippen LogP contribution in [0.4, 0.5) is 5.69 Å². The molecule has 1 aliphatic heterocycles. The van der Waals surface area contributed by atoms with Crippen molar-refractivity contribution >= 4 is 52.3 Å². The molecule has 1 amide bonds. The van der Waals surface area contributed by atoms with E-state index in [4.69, 9.17) is 21.1 Å². The van der Waals surface area contributed by atoms with Crippen LogP contribution >= 0.6 is 34.7 Å². The molecule has 0 radical (unpaired) electrons. The number of benzene rings is 1. The van der Waals surface area contributed by atoms with E-state index in [0.29, 0.717) is 26.6 Å². The van der Waals surface area contributed by atoms with E-state index in [1.165, 1.54) is 23.1 Å². The van der Waals surface area contributed by atoms with Crippen LogP contribution in [-0.2, 0) is 14.3 Å². The van der Waals surface area contributed by atoms with Crippen molar-refractivity contribution in [2.24, 2.45) is 0 Å². The van der Waals surface area contributed by atoms with E-state index in [2.05, 4.69) is 20.5 Å². The Morgan fingerprint density at radius 2 is 2.19 bits per heavy atom. The van der Waals surface area contributed by atoms with Crippen LogP contribution in [0.25, 0.3) is 10.4 Å². The number of ether oxygens (including phenoxy) is 2. The first-order valence-electron chi connectivity index (χ1n) is 10.1. The Kier molecular flexibility index (Phi) is 7.46. The Bertz CT molecular complexity index is 1090. The Hall–Kier alpha value is -2.40. The molecule has 3 aromatic rings. The summed E-state index contributed by atoms with van der Waals surface area (Å²) in [5.74, 6) is 0.0257. The molecule has 0 unspecified atom stereocenters. The molecule has 8 nitrogen and oxygen atoms in total. The standard InChI is InChI=1S/C21H21ClN4O4S2/c1-2-29-20(28)18-14(10-16(32-18)12-5-7-13(22)8-6-12)23-17(27)11-31-21-24-19(25-26-21)15-4-3-9-30-15/h5-8,10,15H,2-4,9,11H2,1H3,(H,23,27)(H,24,25,26)/t15-/m1/s1. The van der Waals surface area contributed by atoms with E-state index in [1.54, 1.807) is 25.1 Å². The Labute approximate surface area is 198 Å². The number of rotatable bonds is 8. The van der Waals surface area contributed by atoms with Crippen molar-refractivity contribution in [3.63, 3.8) is 0 Å². The Balaban J connectivity index is 1.44. The molecule has 0 spiro atoms. The predicted octanol–water partition coefficient (Wildman–Crippen LogP) is 4.95. The second-order valence-corrected chi connectivity index (χ2v) is 9.35. The van der Waals surface area contributed by atoms with Crippen LogP contribution in [0.1, 0.15) is 41.4 Å². The van der Waals surface area contributed by atoms with Crippen LogP contribution in [0.5, 0.6) is 0 Å². The van der Waals surface area contributed by atoms with Gasteiger partial charge in [0.25, 0.3) is 0 Å². The molecule has 168 valence electrons. The van der Waals surface area contributed by atoms with Gasteiger partial charge in [0.05, 0.1) is 18.0 Å². The maximum atomic E-state index is 12.6. The van der Waals surface area contributed by atoms with Crippen LogP contribution in [0.15, 0.2) is 35.5 Å².